The number of hydrogen-bond acceptors (Lipinski definition) is 5. The van der Waals surface area contributed by atoms with Gasteiger partial charge in [0.2, 0.25) is 10.0 Å². The van der Waals surface area contributed by atoms with Crippen LogP contribution in [0.4, 0.5) is 11.5 Å². The Bertz CT molecular complexity index is 786. The first-order valence-electron chi connectivity index (χ1n) is 7.62. The molecule has 1 aliphatic heterocycles. The lowest BCUT2D eigenvalue weighted by molar-refractivity contribution is 0.222. The Hall–Kier alpha value is -1.67. The van der Waals surface area contributed by atoms with Crippen LogP contribution in [-0.2, 0) is 10.0 Å². The fourth-order valence-corrected chi connectivity index (χ4v) is 3.96. The molecule has 1 saturated heterocycles. The Balaban J connectivity index is 1.72. The molecule has 3 rings (SSSR count). The van der Waals surface area contributed by atoms with E-state index in [9.17, 15) is 8.42 Å². The number of sulfonamides is 1. The smallest absolute Gasteiger partial charge is 0.244 e. The van der Waals surface area contributed by atoms with Crippen molar-refractivity contribution in [3.63, 3.8) is 0 Å². The predicted octanol–water partition coefficient (Wildman–Crippen LogP) is 2.41. The third kappa shape index (κ3) is 3.87. The number of nitrogens with zero attached hydrogens (tertiary/aromatic N) is 3. The number of benzene rings is 1. The number of halogens is 1. The van der Waals surface area contributed by atoms with Gasteiger partial charge in [-0.1, -0.05) is 11.6 Å². The predicted molar refractivity (Wildman–Crippen MR) is 95.2 cm³/mol. The summed E-state index contributed by atoms with van der Waals surface area (Å²) in [6.45, 7) is 2.49. The summed E-state index contributed by atoms with van der Waals surface area (Å²) in [6, 6.07) is 10.5. The maximum Gasteiger partial charge on any atom is 0.244 e. The van der Waals surface area contributed by atoms with E-state index in [1.54, 1.807) is 24.3 Å². The first kappa shape index (κ1) is 17.2. The van der Waals surface area contributed by atoms with Crippen molar-refractivity contribution in [2.75, 3.05) is 38.5 Å². The number of nitrogens with one attached hydrogen (secondary N) is 1. The molecule has 1 fully saturated rings. The van der Waals surface area contributed by atoms with E-state index >= 15 is 0 Å². The molecule has 0 bridgehead atoms. The Kier molecular flexibility index (Phi) is 5.05. The minimum Gasteiger partial charge on any atom is -0.340 e. The van der Waals surface area contributed by atoms with Gasteiger partial charge >= 0.3 is 0 Å². The Morgan fingerprint density at radius 3 is 2.29 bits per heavy atom. The molecule has 0 radical (unpaired) electrons. The first-order valence-corrected chi connectivity index (χ1v) is 9.44. The molecule has 24 heavy (non-hydrogen) atoms. The number of hydrogen-bond donors (Lipinski definition) is 1. The number of likely N-dealkylation sites (N-methyl/N-ethyl adjacent to an activating group) is 1. The van der Waals surface area contributed by atoms with Crippen molar-refractivity contribution in [2.24, 2.45) is 0 Å². The second-order valence-electron chi connectivity index (χ2n) is 5.72. The molecule has 6 nitrogen and oxygen atoms in total. The van der Waals surface area contributed by atoms with Gasteiger partial charge in [0, 0.05) is 43.1 Å². The third-order valence-electron chi connectivity index (χ3n) is 3.95. The topological polar surface area (TPSA) is 65.5 Å². The van der Waals surface area contributed by atoms with Crippen LogP contribution in [0.15, 0.2) is 47.5 Å². The first-order chi connectivity index (χ1) is 11.4. The summed E-state index contributed by atoms with van der Waals surface area (Å²) in [7, 11) is -1.49. The van der Waals surface area contributed by atoms with Crippen LogP contribution in [0.3, 0.4) is 0 Å². The molecule has 1 aromatic carbocycles. The minimum absolute atomic E-state index is 0.216. The maximum atomic E-state index is 12.6. The molecule has 0 spiro atoms. The van der Waals surface area contributed by atoms with Gasteiger partial charge < -0.3 is 10.2 Å². The molecule has 0 unspecified atom stereocenters. The normalized spacial score (nSPS) is 16.9. The zero-order chi connectivity index (χ0) is 17.2. The van der Waals surface area contributed by atoms with Gasteiger partial charge in [-0.3, -0.25) is 0 Å². The average molecular weight is 367 g/mol. The number of anilines is 2. The summed E-state index contributed by atoms with van der Waals surface area (Å²) in [5, 5.41) is 3.77. The van der Waals surface area contributed by atoms with E-state index in [4.69, 9.17) is 11.6 Å². The highest BCUT2D eigenvalue weighted by Gasteiger charge is 2.27. The van der Waals surface area contributed by atoms with Crippen molar-refractivity contribution in [1.82, 2.24) is 14.2 Å². The van der Waals surface area contributed by atoms with Gasteiger partial charge in [-0.05, 0) is 43.4 Å². The van der Waals surface area contributed by atoms with Crippen LogP contribution in [0.2, 0.25) is 5.02 Å². The van der Waals surface area contributed by atoms with Crippen molar-refractivity contribution in [2.45, 2.75) is 4.90 Å². The SMILES string of the molecule is CN1CCN(S(=O)(=O)c2ccc(Nc3ccc(Cl)cc3)nc2)CC1. The highest BCUT2D eigenvalue weighted by molar-refractivity contribution is 7.89. The lowest BCUT2D eigenvalue weighted by Crippen LogP contribution is -2.47. The lowest BCUT2D eigenvalue weighted by atomic mass is 10.3. The molecular weight excluding hydrogens is 348 g/mol. The molecule has 8 heteroatoms. The Morgan fingerprint density at radius 2 is 1.71 bits per heavy atom. The van der Waals surface area contributed by atoms with E-state index in [1.807, 2.05) is 19.2 Å². The highest BCUT2D eigenvalue weighted by Crippen LogP contribution is 2.21. The van der Waals surface area contributed by atoms with E-state index in [0.717, 1.165) is 18.8 Å². The zero-order valence-electron chi connectivity index (χ0n) is 13.3. The van der Waals surface area contributed by atoms with Crippen LogP contribution in [-0.4, -0.2) is 55.8 Å². The molecule has 2 aromatic rings. The molecule has 0 atom stereocenters. The molecule has 0 saturated carbocycles. The molecule has 0 amide bonds. The van der Waals surface area contributed by atoms with Crippen molar-refractivity contribution in [3.05, 3.63) is 47.6 Å². The van der Waals surface area contributed by atoms with Crippen molar-refractivity contribution >= 4 is 33.1 Å². The van der Waals surface area contributed by atoms with Crippen LogP contribution in [0.5, 0.6) is 0 Å². The second kappa shape index (κ2) is 7.06. The van der Waals surface area contributed by atoms with Gasteiger partial charge in [-0.15, -0.1) is 0 Å². The molecular formula is C16H19ClN4O2S. The van der Waals surface area contributed by atoms with E-state index in [0.29, 0.717) is 23.9 Å². The van der Waals surface area contributed by atoms with E-state index in [2.05, 4.69) is 15.2 Å². The molecule has 0 aliphatic carbocycles. The van der Waals surface area contributed by atoms with Crippen LogP contribution in [0, 0.1) is 0 Å². The summed E-state index contributed by atoms with van der Waals surface area (Å²) in [5.74, 6) is 0.578. The Labute approximate surface area is 147 Å². The van der Waals surface area contributed by atoms with Crippen molar-refractivity contribution in [1.29, 1.82) is 0 Å². The number of pyridine rings is 1. The van der Waals surface area contributed by atoms with Gasteiger partial charge in [0.05, 0.1) is 0 Å². The highest BCUT2D eigenvalue weighted by atomic mass is 35.5. The van der Waals surface area contributed by atoms with Gasteiger partial charge in [0.25, 0.3) is 0 Å². The van der Waals surface area contributed by atoms with Crippen LogP contribution in [0.1, 0.15) is 0 Å². The minimum atomic E-state index is -3.48. The molecule has 128 valence electrons. The maximum absolute atomic E-state index is 12.6. The standard InChI is InChI=1S/C16H19ClN4O2S/c1-20-8-10-21(11-9-20)24(22,23)15-6-7-16(18-12-15)19-14-4-2-13(17)3-5-14/h2-7,12H,8-11H2,1H3,(H,18,19). The van der Waals surface area contributed by atoms with Gasteiger partial charge in [-0.2, -0.15) is 4.31 Å². The number of piperazine rings is 1. The summed E-state index contributed by atoms with van der Waals surface area (Å²) >= 11 is 5.85. The van der Waals surface area contributed by atoms with Gasteiger partial charge in [0.15, 0.2) is 0 Å². The monoisotopic (exact) mass is 366 g/mol. The fraction of sp³-hybridized carbons (Fsp3) is 0.312. The van der Waals surface area contributed by atoms with Crippen LogP contribution in [0.25, 0.3) is 0 Å². The van der Waals surface area contributed by atoms with E-state index < -0.39 is 10.0 Å². The van der Waals surface area contributed by atoms with Crippen LogP contribution >= 0.6 is 11.6 Å². The van der Waals surface area contributed by atoms with E-state index in [-0.39, 0.29) is 4.90 Å². The summed E-state index contributed by atoms with van der Waals surface area (Å²) in [5.41, 5.74) is 0.835. The van der Waals surface area contributed by atoms with E-state index in [1.165, 1.54) is 10.5 Å². The molecule has 1 aromatic heterocycles. The fourth-order valence-electron chi connectivity index (χ4n) is 2.47. The largest absolute Gasteiger partial charge is 0.340 e. The molecule has 1 N–H and O–H groups in total. The summed E-state index contributed by atoms with van der Waals surface area (Å²) in [6.07, 6.45) is 1.39. The zero-order valence-corrected chi connectivity index (χ0v) is 14.9. The molecule has 1 aliphatic rings. The van der Waals surface area contributed by atoms with Crippen molar-refractivity contribution < 1.29 is 8.42 Å². The van der Waals surface area contributed by atoms with Gasteiger partial charge in [0.1, 0.15) is 10.7 Å². The number of aromatic nitrogens is 1. The van der Waals surface area contributed by atoms with Crippen molar-refractivity contribution in [3.8, 4) is 0 Å². The van der Waals surface area contributed by atoms with Crippen LogP contribution < -0.4 is 5.32 Å². The second-order valence-corrected chi connectivity index (χ2v) is 8.09. The third-order valence-corrected chi connectivity index (χ3v) is 6.09. The summed E-state index contributed by atoms with van der Waals surface area (Å²) in [4.78, 5) is 6.54. The van der Waals surface area contributed by atoms with Gasteiger partial charge in [-0.25, -0.2) is 13.4 Å². The lowest BCUT2D eigenvalue weighted by Gasteiger charge is -2.31. The molecule has 2 heterocycles. The summed E-state index contributed by atoms with van der Waals surface area (Å²) < 4.78 is 26.8. The average Bonchev–Trinajstić information content (AvgIpc) is 2.58. The Morgan fingerprint density at radius 1 is 1.04 bits per heavy atom. The quantitative estimate of drug-likeness (QED) is 0.900. The number of rotatable bonds is 4.